The van der Waals surface area contributed by atoms with Crippen LogP contribution in [0, 0.1) is 16.0 Å². The van der Waals surface area contributed by atoms with Gasteiger partial charge < -0.3 is 25.5 Å². The SMILES string of the molecule is Nc1ncnc2c1ncn2[C@]1(C2CCCCC2)O[C@H](CO[N+](=O)[O-])[C@@H](O)[C@H]1O. The van der Waals surface area contributed by atoms with Gasteiger partial charge in [-0.05, 0) is 12.8 Å². The highest BCUT2D eigenvalue weighted by molar-refractivity contribution is 5.81. The van der Waals surface area contributed by atoms with Crippen LogP contribution in [0.2, 0.25) is 0 Å². The van der Waals surface area contributed by atoms with Gasteiger partial charge in [0.05, 0.1) is 6.33 Å². The number of imidazole rings is 1. The lowest BCUT2D eigenvalue weighted by Crippen LogP contribution is -2.51. The molecule has 4 N–H and O–H groups in total. The van der Waals surface area contributed by atoms with Crippen molar-refractivity contribution in [3.05, 3.63) is 22.8 Å². The van der Waals surface area contributed by atoms with Crippen molar-refractivity contribution in [2.24, 2.45) is 5.92 Å². The summed E-state index contributed by atoms with van der Waals surface area (Å²) in [6, 6.07) is 0. The zero-order chi connectivity index (χ0) is 19.9. The number of nitrogen functional groups attached to an aromatic ring is 1. The molecule has 2 fully saturated rings. The Morgan fingerprint density at radius 1 is 1.32 bits per heavy atom. The number of aliphatic hydroxyl groups excluding tert-OH is 2. The number of fused-ring (bicyclic) bond motifs is 1. The summed E-state index contributed by atoms with van der Waals surface area (Å²) in [5.74, 6) is 0.0314. The van der Waals surface area contributed by atoms with Gasteiger partial charge in [-0.25, -0.2) is 15.0 Å². The van der Waals surface area contributed by atoms with E-state index in [4.69, 9.17) is 10.5 Å². The van der Waals surface area contributed by atoms with Crippen LogP contribution in [0.25, 0.3) is 11.2 Å². The normalized spacial score (nSPS) is 31.3. The molecule has 1 aliphatic heterocycles. The molecule has 152 valence electrons. The third-order valence-corrected chi connectivity index (χ3v) is 5.74. The summed E-state index contributed by atoms with van der Waals surface area (Å²) in [7, 11) is 0. The number of ether oxygens (including phenoxy) is 1. The molecule has 0 unspecified atom stereocenters. The van der Waals surface area contributed by atoms with Gasteiger partial charge in [0.25, 0.3) is 5.09 Å². The van der Waals surface area contributed by atoms with Crippen LogP contribution < -0.4 is 5.73 Å². The maximum absolute atomic E-state index is 11.1. The standard InChI is InChI=1S/C16H22N6O6/c17-14-11-15(19-7-18-14)21(8-20-11)16(9-4-2-1-3-5-9)13(24)12(23)10(28-16)6-27-22(25)26/h7-10,12-13,23-24H,1-6H2,(H2,17,18,19)/t10-,12-,13-,16-/m1/s1. The van der Waals surface area contributed by atoms with E-state index in [1.54, 1.807) is 4.57 Å². The van der Waals surface area contributed by atoms with E-state index >= 15 is 0 Å². The van der Waals surface area contributed by atoms with E-state index in [-0.39, 0.29) is 11.7 Å². The number of rotatable bonds is 5. The van der Waals surface area contributed by atoms with Crippen molar-refractivity contribution in [2.45, 2.75) is 56.1 Å². The Kier molecular flexibility index (Phi) is 4.77. The fraction of sp³-hybridized carbons (Fsp3) is 0.688. The minimum atomic E-state index is -1.39. The first-order valence-electron chi connectivity index (χ1n) is 9.20. The number of aliphatic hydroxyl groups is 2. The molecular formula is C16H22N6O6. The smallest absolute Gasteiger partial charge is 0.294 e. The first kappa shape index (κ1) is 18.8. The summed E-state index contributed by atoms with van der Waals surface area (Å²) in [6.45, 7) is -0.497. The summed E-state index contributed by atoms with van der Waals surface area (Å²) >= 11 is 0. The lowest BCUT2D eigenvalue weighted by atomic mass is 9.78. The maximum Gasteiger partial charge on any atom is 0.294 e. The average Bonchev–Trinajstić information content (AvgIpc) is 3.23. The Morgan fingerprint density at radius 2 is 2.07 bits per heavy atom. The minimum Gasteiger partial charge on any atom is -0.387 e. The van der Waals surface area contributed by atoms with Crippen molar-refractivity contribution in [3.63, 3.8) is 0 Å². The van der Waals surface area contributed by atoms with Gasteiger partial charge in [-0.3, -0.25) is 4.57 Å². The molecule has 0 aromatic carbocycles. The summed E-state index contributed by atoms with van der Waals surface area (Å²) in [5.41, 5.74) is 5.21. The Morgan fingerprint density at radius 3 is 2.79 bits per heavy atom. The van der Waals surface area contributed by atoms with Gasteiger partial charge in [-0.15, -0.1) is 10.1 Å². The predicted octanol–water partition coefficient (Wildman–Crippen LogP) is -0.0295. The summed E-state index contributed by atoms with van der Waals surface area (Å²) in [4.78, 5) is 27.4. The molecule has 1 aliphatic carbocycles. The second-order valence-electron chi connectivity index (χ2n) is 7.24. The Labute approximate surface area is 159 Å². The topological polar surface area (TPSA) is 172 Å². The monoisotopic (exact) mass is 394 g/mol. The molecule has 1 saturated carbocycles. The second-order valence-corrected chi connectivity index (χ2v) is 7.24. The summed E-state index contributed by atoms with van der Waals surface area (Å²) in [6.07, 6.45) is 3.39. The number of anilines is 1. The third kappa shape index (κ3) is 2.84. The molecule has 0 spiro atoms. The first-order chi connectivity index (χ1) is 13.4. The van der Waals surface area contributed by atoms with Crippen molar-refractivity contribution in [1.29, 1.82) is 0 Å². The van der Waals surface area contributed by atoms with Crippen molar-refractivity contribution in [1.82, 2.24) is 19.5 Å². The number of nitrogens with two attached hydrogens (primary N) is 1. The van der Waals surface area contributed by atoms with Crippen molar-refractivity contribution >= 4 is 17.0 Å². The number of nitrogens with zero attached hydrogens (tertiary/aromatic N) is 5. The highest BCUT2D eigenvalue weighted by Crippen LogP contribution is 2.48. The number of aromatic nitrogens is 4. The molecular weight excluding hydrogens is 372 g/mol. The van der Waals surface area contributed by atoms with Gasteiger partial charge in [-0.2, -0.15) is 0 Å². The molecule has 28 heavy (non-hydrogen) atoms. The molecule has 3 heterocycles. The molecule has 1 saturated heterocycles. The van der Waals surface area contributed by atoms with Gasteiger partial charge in [-0.1, -0.05) is 19.3 Å². The van der Waals surface area contributed by atoms with Crippen molar-refractivity contribution < 1.29 is 24.9 Å². The van der Waals surface area contributed by atoms with Crippen LogP contribution in [0.5, 0.6) is 0 Å². The Bertz CT molecular complexity index is 870. The van der Waals surface area contributed by atoms with Crippen LogP contribution >= 0.6 is 0 Å². The van der Waals surface area contributed by atoms with Crippen LogP contribution in [0.1, 0.15) is 32.1 Å². The fourth-order valence-corrected chi connectivity index (χ4v) is 4.46. The highest BCUT2D eigenvalue weighted by Gasteiger charge is 2.60. The van der Waals surface area contributed by atoms with Crippen molar-refractivity contribution in [2.75, 3.05) is 12.3 Å². The fourth-order valence-electron chi connectivity index (χ4n) is 4.46. The first-order valence-corrected chi connectivity index (χ1v) is 9.20. The van der Waals surface area contributed by atoms with E-state index < -0.39 is 35.7 Å². The predicted molar refractivity (Wildman–Crippen MR) is 94.1 cm³/mol. The van der Waals surface area contributed by atoms with E-state index in [0.29, 0.717) is 11.2 Å². The summed E-state index contributed by atoms with van der Waals surface area (Å²) in [5, 5.41) is 31.3. The van der Waals surface area contributed by atoms with Crippen LogP contribution in [-0.2, 0) is 15.3 Å². The molecule has 12 nitrogen and oxygen atoms in total. The van der Waals surface area contributed by atoms with Crippen LogP contribution in [0.3, 0.4) is 0 Å². The lowest BCUT2D eigenvalue weighted by Gasteiger charge is -2.42. The zero-order valence-electron chi connectivity index (χ0n) is 15.0. The van der Waals surface area contributed by atoms with Crippen LogP contribution in [-0.4, -0.2) is 59.7 Å². The molecule has 2 aromatic heterocycles. The van der Waals surface area contributed by atoms with Gasteiger partial charge in [0.2, 0.25) is 0 Å². The van der Waals surface area contributed by atoms with E-state index in [0.717, 1.165) is 32.1 Å². The third-order valence-electron chi connectivity index (χ3n) is 5.74. The van der Waals surface area contributed by atoms with E-state index in [1.165, 1.54) is 12.7 Å². The average molecular weight is 394 g/mol. The highest BCUT2D eigenvalue weighted by atomic mass is 17.0. The molecule has 0 amide bonds. The molecule has 4 atom stereocenters. The number of hydrogen-bond donors (Lipinski definition) is 3. The van der Waals surface area contributed by atoms with Crippen LogP contribution in [0.4, 0.5) is 5.82 Å². The molecule has 2 aromatic rings. The summed E-state index contributed by atoms with van der Waals surface area (Å²) < 4.78 is 7.73. The molecule has 4 rings (SSSR count). The van der Waals surface area contributed by atoms with Gasteiger partial charge >= 0.3 is 0 Å². The Balaban J connectivity index is 1.81. The van der Waals surface area contributed by atoms with Crippen molar-refractivity contribution in [3.8, 4) is 0 Å². The zero-order valence-corrected chi connectivity index (χ0v) is 15.0. The quantitative estimate of drug-likeness (QED) is 0.462. The molecule has 2 aliphatic rings. The largest absolute Gasteiger partial charge is 0.387 e. The van der Waals surface area contributed by atoms with Crippen LogP contribution in [0.15, 0.2) is 12.7 Å². The Hall–Kier alpha value is -2.57. The van der Waals surface area contributed by atoms with E-state index in [2.05, 4.69) is 19.8 Å². The molecule has 12 heteroatoms. The van der Waals surface area contributed by atoms with E-state index in [9.17, 15) is 20.3 Å². The van der Waals surface area contributed by atoms with E-state index in [1.807, 2.05) is 0 Å². The lowest BCUT2D eigenvalue weighted by molar-refractivity contribution is -0.759. The second kappa shape index (κ2) is 7.11. The maximum atomic E-state index is 11.1. The van der Waals surface area contributed by atoms with Gasteiger partial charge in [0.15, 0.2) is 17.2 Å². The van der Waals surface area contributed by atoms with Gasteiger partial charge in [0.1, 0.15) is 36.8 Å². The minimum absolute atomic E-state index is 0.153. The number of hydrogen-bond acceptors (Lipinski definition) is 10. The molecule has 0 radical (unpaired) electrons. The molecule has 0 bridgehead atoms. The van der Waals surface area contributed by atoms with Gasteiger partial charge in [0, 0.05) is 5.92 Å².